The van der Waals surface area contributed by atoms with Gasteiger partial charge in [0.2, 0.25) is 4.34 Å². The third-order valence-corrected chi connectivity index (χ3v) is 9.39. The van der Waals surface area contributed by atoms with Crippen LogP contribution in [0.15, 0.2) is 51.7 Å². The summed E-state index contributed by atoms with van der Waals surface area (Å²) >= 11 is 2.47. The fraction of sp³-hybridized carbons (Fsp3) is 0.316. The third-order valence-electron chi connectivity index (χ3n) is 4.00. The molecule has 0 fully saturated rings. The van der Waals surface area contributed by atoms with E-state index in [0.717, 1.165) is 20.7 Å². The van der Waals surface area contributed by atoms with Crippen molar-refractivity contribution in [3.8, 4) is 0 Å². The van der Waals surface area contributed by atoms with Crippen LogP contribution in [0.3, 0.4) is 0 Å². The zero-order chi connectivity index (χ0) is 19.1. The molecule has 0 unspecified atom stereocenters. The predicted octanol–water partition coefficient (Wildman–Crippen LogP) is 5.41. The normalized spacial score (nSPS) is 12.8. The molecule has 26 heavy (non-hydrogen) atoms. The summed E-state index contributed by atoms with van der Waals surface area (Å²) in [4.78, 5) is 5.31. The lowest BCUT2D eigenvalue weighted by atomic mass is 10.1. The number of sulfonamides is 1. The molecule has 4 nitrogen and oxygen atoms in total. The van der Waals surface area contributed by atoms with E-state index >= 15 is 0 Å². The van der Waals surface area contributed by atoms with Crippen LogP contribution in [0.5, 0.6) is 0 Å². The maximum Gasteiger partial charge on any atom is 0.280 e. The molecule has 0 radical (unpaired) electrons. The number of rotatable bonds is 4. The van der Waals surface area contributed by atoms with Crippen molar-refractivity contribution in [3.63, 3.8) is 0 Å². The maximum absolute atomic E-state index is 13.4. The molecule has 138 valence electrons. The molecule has 1 heterocycles. The summed E-state index contributed by atoms with van der Waals surface area (Å²) in [6.45, 7) is 9.74. The molecule has 0 atom stereocenters. The first-order valence-corrected chi connectivity index (χ1v) is 11.3. The average Bonchev–Trinajstić information content (AvgIpc) is 3.00. The number of nitrogens with zero attached hydrogens (tertiary/aromatic N) is 2. The Morgan fingerprint density at radius 3 is 2.38 bits per heavy atom. The van der Waals surface area contributed by atoms with E-state index in [0.29, 0.717) is 5.52 Å². The highest BCUT2D eigenvalue weighted by molar-refractivity contribution is 8.09. The second kappa shape index (κ2) is 6.96. The number of aromatic nitrogens is 1. The summed E-state index contributed by atoms with van der Waals surface area (Å²) in [5.41, 5.74) is 2.34. The lowest BCUT2D eigenvalue weighted by Crippen LogP contribution is -2.40. The van der Waals surface area contributed by atoms with Crippen molar-refractivity contribution < 1.29 is 8.42 Å². The highest BCUT2D eigenvalue weighted by atomic mass is 32.3. The van der Waals surface area contributed by atoms with E-state index < -0.39 is 15.6 Å². The largest absolute Gasteiger partial charge is 0.280 e. The van der Waals surface area contributed by atoms with Crippen LogP contribution in [0.2, 0.25) is 0 Å². The second-order valence-electron chi connectivity index (χ2n) is 7.14. The molecule has 3 rings (SSSR count). The smallest absolute Gasteiger partial charge is 0.224 e. The van der Waals surface area contributed by atoms with Gasteiger partial charge >= 0.3 is 0 Å². The summed E-state index contributed by atoms with van der Waals surface area (Å²) in [7, 11) is -3.74. The van der Waals surface area contributed by atoms with Gasteiger partial charge in [-0.2, -0.15) is 0 Å². The Bertz CT molecular complexity index is 1020. The van der Waals surface area contributed by atoms with E-state index in [-0.39, 0.29) is 4.34 Å². The van der Waals surface area contributed by atoms with Gasteiger partial charge in [-0.25, -0.2) is 13.4 Å². The van der Waals surface area contributed by atoms with Crippen molar-refractivity contribution >= 4 is 43.5 Å². The summed E-state index contributed by atoms with van der Waals surface area (Å²) in [6, 6.07) is 13.4. The molecule has 0 amide bonds. The van der Waals surface area contributed by atoms with Crippen molar-refractivity contribution in [1.29, 1.82) is 0 Å². The first-order valence-electron chi connectivity index (χ1n) is 8.26. The molecule has 0 saturated heterocycles. The van der Waals surface area contributed by atoms with Crippen molar-refractivity contribution in [2.45, 2.75) is 49.4 Å². The zero-order valence-corrected chi connectivity index (χ0v) is 17.9. The first-order chi connectivity index (χ1) is 12.1. The Morgan fingerprint density at radius 1 is 1.04 bits per heavy atom. The van der Waals surface area contributed by atoms with Crippen molar-refractivity contribution in [1.82, 2.24) is 8.69 Å². The molecule has 7 heteroatoms. The molecule has 0 aliphatic carbocycles. The van der Waals surface area contributed by atoms with Gasteiger partial charge in [0.05, 0.1) is 10.2 Å². The van der Waals surface area contributed by atoms with Crippen LogP contribution in [-0.2, 0) is 10.0 Å². The molecular weight excluding hydrogens is 384 g/mol. The molecule has 0 N–H and O–H groups in total. The fourth-order valence-electron chi connectivity index (χ4n) is 2.49. The van der Waals surface area contributed by atoms with Gasteiger partial charge in [0.25, 0.3) is 10.0 Å². The van der Waals surface area contributed by atoms with Gasteiger partial charge < -0.3 is 0 Å². The van der Waals surface area contributed by atoms with E-state index in [4.69, 9.17) is 0 Å². The van der Waals surface area contributed by atoms with Gasteiger partial charge in [-0.1, -0.05) is 24.3 Å². The Morgan fingerprint density at radius 2 is 1.73 bits per heavy atom. The first kappa shape index (κ1) is 19.4. The summed E-state index contributed by atoms with van der Waals surface area (Å²) < 4.78 is 29.3. The Labute approximate surface area is 163 Å². The van der Waals surface area contributed by atoms with E-state index in [1.807, 2.05) is 77.1 Å². The van der Waals surface area contributed by atoms with Gasteiger partial charge in [-0.3, -0.25) is 0 Å². The zero-order valence-electron chi connectivity index (χ0n) is 15.5. The van der Waals surface area contributed by atoms with E-state index in [2.05, 4.69) is 4.98 Å². The highest BCUT2D eigenvalue weighted by Crippen LogP contribution is 2.39. The quantitative estimate of drug-likeness (QED) is 0.544. The summed E-state index contributed by atoms with van der Waals surface area (Å²) in [5, 5.41) is 0. The van der Waals surface area contributed by atoms with E-state index in [1.165, 1.54) is 27.0 Å². The highest BCUT2D eigenvalue weighted by Gasteiger charge is 2.37. The van der Waals surface area contributed by atoms with E-state index in [9.17, 15) is 8.42 Å². The Hall–Kier alpha value is -1.41. The average molecular weight is 407 g/mol. The number of hydrogen-bond donors (Lipinski definition) is 0. The second-order valence-corrected chi connectivity index (χ2v) is 11.3. The van der Waals surface area contributed by atoms with Crippen molar-refractivity contribution in [2.24, 2.45) is 0 Å². The molecule has 0 bridgehead atoms. The number of benzene rings is 2. The predicted molar refractivity (Wildman–Crippen MR) is 110 cm³/mol. The number of para-hydroxylation sites is 1. The maximum atomic E-state index is 13.4. The molecular formula is C19H22N2O2S3. The fourth-order valence-corrected chi connectivity index (χ4v) is 7.06. The summed E-state index contributed by atoms with van der Waals surface area (Å²) in [5.74, 6) is 0. The Kier molecular flexibility index (Phi) is 5.18. The van der Waals surface area contributed by atoms with Crippen LogP contribution < -0.4 is 0 Å². The van der Waals surface area contributed by atoms with Gasteiger partial charge in [-0.05, 0) is 75.9 Å². The van der Waals surface area contributed by atoms with Gasteiger partial charge in [-0.15, -0.1) is 15.0 Å². The minimum absolute atomic E-state index is 0.131. The van der Waals surface area contributed by atoms with Gasteiger partial charge in [0.15, 0.2) is 0 Å². The molecule has 2 aromatic carbocycles. The van der Waals surface area contributed by atoms with Crippen LogP contribution in [0.4, 0.5) is 0 Å². The number of hydrogen-bond acceptors (Lipinski definition) is 5. The number of fused-ring (bicyclic) bond motifs is 1. The van der Waals surface area contributed by atoms with Crippen LogP contribution in [0.25, 0.3) is 10.2 Å². The number of aryl methyl sites for hydroxylation is 1. The van der Waals surface area contributed by atoms with Crippen LogP contribution in [0, 0.1) is 13.8 Å². The van der Waals surface area contributed by atoms with Crippen molar-refractivity contribution in [2.75, 3.05) is 0 Å². The number of thiazole rings is 1. The van der Waals surface area contributed by atoms with Gasteiger partial charge in [0.1, 0.15) is 0 Å². The van der Waals surface area contributed by atoms with Crippen LogP contribution in [-0.4, -0.2) is 22.7 Å². The molecule has 1 aromatic heterocycles. The topological polar surface area (TPSA) is 50.3 Å². The SMILES string of the molecule is Cc1cccc(SN(C(C)(C)C)S(=O)(=O)c2nc3ccccc3s2)c1C. The standard InChI is InChI=1S/C19H22N2O2S3/c1-13-9-8-12-16(14(13)2)25-21(19(3,4)5)26(22,23)18-20-15-10-6-7-11-17(15)24-18/h6-12H,1-5H3. The molecule has 0 aliphatic rings. The Balaban J connectivity index is 2.08. The molecule has 0 aliphatic heterocycles. The third kappa shape index (κ3) is 3.67. The van der Waals surface area contributed by atoms with Crippen molar-refractivity contribution in [3.05, 3.63) is 53.6 Å². The molecule has 0 spiro atoms. The lowest BCUT2D eigenvalue weighted by Gasteiger charge is -2.32. The summed E-state index contributed by atoms with van der Waals surface area (Å²) in [6.07, 6.45) is 0. The lowest BCUT2D eigenvalue weighted by molar-refractivity contribution is 0.378. The minimum atomic E-state index is -3.74. The molecule has 0 saturated carbocycles. The monoisotopic (exact) mass is 406 g/mol. The van der Waals surface area contributed by atoms with E-state index in [1.54, 1.807) is 0 Å². The van der Waals surface area contributed by atoms with Gasteiger partial charge in [0, 0.05) is 10.4 Å². The van der Waals surface area contributed by atoms with Crippen LogP contribution in [0.1, 0.15) is 31.9 Å². The molecule has 3 aromatic rings. The van der Waals surface area contributed by atoms with Crippen LogP contribution >= 0.6 is 23.3 Å². The minimum Gasteiger partial charge on any atom is -0.224 e.